The van der Waals surface area contributed by atoms with E-state index in [1.54, 1.807) is 24.3 Å². The van der Waals surface area contributed by atoms with Crippen LogP contribution in [0.25, 0.3) is 6.08 Å². The SMILES string of the molecule is CCC(CO)NC(=O)C=Cc1cc(N)ccc1N. The van der Waals surface area contributed by atoms with E-state index in [-0.39, 0.29) is 18.6 Å². The van der Waals surface area contributed by atoms with Gasteiger partial charge in [-0.05, 0) is 36.3 Å². The van der Waals surface area contributed by atoms with Crippen molar-refractivity contribution in [2.45, 2.75) is 19.4 Å². The molecule has 0 saturated heterocycles. The Morgan fingerprint density at radius 1 is 1.50 bits per heavy atom. The Morgan fingerprint density at radius 2 is 2.22 bits per heavy atom. The molecule has 0 bridgehead atoms. The summed E-state index contributed by atoms with van der Waals surface area (Å²) in [5.74, 6) is -0.266. The lowest BCUT2D eigenvalue weighted by Crippen LogP contribution is -2.35. The molecule has 18 heavy (non-hydrogen) atoms. The fourth-order valence-corrected chi connectivity index (χ4v) is 1.43. The Kier molecular flexibility index (Phi) is 5.20. The third kappa shape index (κ3) is 4.10. The number of hydrogen-bond donors (Lipinski definition) is 4. The van der Waals surface area contributed by atoms with Crippen LogP contribution < -0.4 is 16.8 Å². The number of hydrogen-bond acceptors (Lipinski definition) is 4. The minimum atomic E-state index is -0.266. The van der Waals surface area contributed by atoms with E-state index in [2.05, 4.69) is 5.32 Å². The molecule has 0 aliphatic heterocycles. The smallest absolute Gasteiger partial charge is 0.244 e. The first-order valence-electron chi connectivity index (χ1n) is 5.81. The highest BCUT2D eigenvalue weighted by molar-refractivity contribution is 5.92. The molecular weight excluding hydrogens is 230 g/mol. The molecule has 0 heterocycles. The van der Waals surface area contributed by atoms with Gasteiger partial charge < -0.3 is 21.9 Å². The van der Waals surface area contributed by atoms with Crippen LogP contribution in [-0.4, -0.2) is 23.7 Å². The van der Waals surface area contributed by atoms with Crippen molar-refractivity contribution in [2.24, 2.45) is 0 Å². The van der Waals surface area contributed by atoms with Gasteiger partial charge in [-0.1, -0.05) is 6.92 Å². The highest BCUT2D eigenvalue weighted by atomic mass is 16.3. The van der Waals surface area contributed by atoms with Gasteiger partial charge in [0.2, 0.25) is 5.91 Å². The Balaban J connectivity index is 2.68. The predicted octanol–water partition coefficient (Wildman–Crippen LogP) is 0.751. The number of amides is 1. The van der Waals surface area contributed by atoms with E-state index in [0.717, 1.165) is 0 Å². The lowest BCUT2D eigenvalue weighted by atomic mass is 10.1. The number of rotatable bonds is 5. The van der Waals surface area contributed by atoms with E-state index >= 15 is 0 Å². The highest BCUT2D eigenvalue weighted by Gasteiger charge is 2.06. The lowest BCUT2D eigenvalue weighted by Gasteiger charge is -2.11. The summed E-state index contributed by atoms with van der Waals surface area (Å²) in [6, 6.07) is 4.86. The van der Waals surface area contributed by atoms with Gasteiger partial charge in [-0.2, -0.15) is 0 Å². The van der Waals surface area contributed by atoms with Crippen LogP contribution in [0.1, 0.15) is 18.9 Å². The Labute approximate surface area is 106 Å². The second-order valence-corrected chi connectivity index (χ2v) is 4.02. The molecule has 98 valence electrons. The minimum absolute atomic E-state index is 0.0729. The molecule has 5 heteroatoms. The quantitative estimate of drug-likeness (QED) is 0.457. The van der Waals surface area contributed by atoms with Crippen LogP contribution in [0.4, 0.5) is 11.4 Å². The molecule has 1 atom stereocenters. The molecule has 0 radical (unpaired) electrons. The van der Waals surface area contributed by atoms with Crippen molar-refractivity contribution in [3.8, 4) is 0 Å². The Bertz CT molecular complexity index is 440. The van der Waals surface area contributed by atoms with Gasteiger partial charge >= 0.3 is 0 Å². The van der Waals surface area contributed by atoms with Crippen molar-refractivity contribution in [2.75, 3.05) is 18.1 Å². The standard InChI is InChI=1S/C13H19N3O2/c1-2-11(8-17)16-13(18)6-3-9-7-10(14)4-5-12(9)15/h3-7,11,17H,2,8,14-15H2,1H3,(H,16,18). The summed E-state index contributed by atoms with van der Waals surface area (Å²) in [5.41, 5.74) is 13.2. The van der Waals surface area contributed by atoms with Gasteiger partial charge in [0.05, 0.1) is 12.6 Å². The summed E-state index contributed by atoms with van der Waals surface area (Å²) < 4.78 is 0. The number of aliphatic hydroxyl groups is 1. The fourth-order valence-electron chi connectivity index (χ4n) is 1.43. The van der Waals surface area contributed by atoms with Gasteiger partial charge in [0.1, 0.15) is 0 Å². The second kappa shape index (κ2) is 6.66. The highest BCUT2D eigenvalue weighted by Crippen LogP contribution is 2.16. The monoisotopic (exact) mass is 249 g/mol. The summed E-state index contributed by atoms with van der Waals surface area (Å²) in [6.07, 6.45) is 3.66. The molecule has 6 N–H and O–H groups in total. The van der Waals surface area contributed by atoms with Crippen molar-refractivity contribution in [3.63, 3.8) is 0 Å². The van der Waals surface area contributed by atoms with Crippen LogP contribution in [0, 0.1) is 0 Å². The molecule has 0 saturated carbocycles. The van der Waals surface area contributed by atoms with Crippen molar-refractivity contribution < 1.29 is 9.90 Å². The number of nitrogen functional groups attached to an aromatic ring is 2. The zero-order valence-electron chi connectivity index (χ0n) is 10.4. The maximum absolute atomic E-state index is 11.6. The van der Waals surface area contributed by atoms with Crippen LogP contribution >= 0.6 is 0 Å². The lowest BCUT2D eigenvalue weighted by molar-refractivity contribution is -0.117. The minimum Gasteiger partial charge on any atom is -0.399 e. The summed E-state index contributed by atoms with van der Waals surface area (Å²) in [5, 5.41) is 11.6. The molecule has 1 rings (SSSR count). The molecule has 0 aromatic heterocycles. The van der Waals surface area contributed by atoms with Crippen LogP contribution in [0.3, 0.4) is 0 Å². The maximum atomic E-state index is 11.6. The number of nitrogens with one attached hydrogen (secondary N) is 1. The van der Waals surface area contributed by atoms with Crippen LogP contribution in [0.15, 0.2) is 24.3 Å². The van der Waals surface area contributed by atoms with Gasteiger partial charge in [0.15, 0.2) is 0 Å². The molecule has 1 aromatic rings. The average Bonchev–Trinajstić information content (AvgIpc) is 2.37. The molecule has 0 fully saturated rings. The molecule has 1 aromatic carbocycles. The first-order valence-corrected chi connectivity index (χ1v) is 5.81. The number of aliphatic hydroxyl groups excluding tert-OH is 1. The molecule has 0 spiro atoms. The fraction of sp³-hybridized carbons (Fsp3) is 0.308. The normalized spacial score (nSPS) is 12.6. The van der Waals surface area contributed by atoms with Crippen molar-refractivity contribution >= 4 is 23.4 Å². The van der Waals surface area contributed by atoms with E-state index < -0.39 is 0 Å². The topological polar surface area (TPSA) is 101 Å². The molecule has 5 nitrogen and oxygen atoms in total. The Morgan fingerprint density at radius 3 is 2.83 bits per heavy atom. The van der Waals surface area contributed by atoms with E-state index in [9.17, 15) is 4.79 Å². The van der Waals surface area contributed by atoms with Crippen molar-refractivity contribution in [1.82, 2.24) is 5.32 Å². The van der Waals surface area contributed by atoms with Crippen molar-refractivity contribution in [3.05, 3.63) is 29.8 Å². The number of anilines is 2. The number of carbonyl (C=O) groups excluding carboxylic acids is 1. The second-order valence-electron chi connectivity index (χ2n) is 4.02. The van der Waals surface area contributed by atoms with E-state index in [1.807, 2.05) is 6.92 Å². The maximum Gasteiger partial charge on any atom is 0.244 e. The molecule has 1 unspecified atom stereocenters. The molecule has 1 amide bonds. The van der Waals surface area contributed by atoms with Gasteiger partial charge in [0, 0.05) is 17.5 Å². The van der Waals surface area contributed by atoms with E-state index in [0.29, 0.717) is 23.4 Å². The molecular formula is C13H19N3O2. The van der Waals surface area contributed by atoms with Gasteiger partial charge in [-0.15, -0.1) is 0 Å². The van der Waals surface area contributed by atoms with Crippen molar-refractivity contribution in [1.29, 1.82) is 0 Å². The summed E-state index contributed by atoms with van der Waals surface area (Å²) in [4.78, 5) is 11.6. The Hall–Kier alpha value is -2.01. The van der Waals surface area contributed by atoms with E-state index in [1.165, 1.54) is 6.08 Å². The summed E-state index contributed by atoms with van der Waals surface area (Å²) in [7, 11) is 0. The number of benzene rings is 1. The predicted molar refractivity (Wildman–Crippen MR) is 73.6 cm³/mol. The summed E-state index contributed by atoms with van der Waals surface area (Å²) >= 11 is 0. The van der Waals surface area contributed by atoms with E-state index in [4.69, 9.17) is 16.6 Å². The molecule has 0 aliphatic rings. The largest absolute Gasteiger partial charge is 0.399 e. The summed E-state index contributed by atoms with van der Waals surface area (Å²) in [6.45, 7) is 1.82. The first kappa shape index (κ1) is 14.1. The first-order chi connectivity index (χ1) is 8.56. The van der Waals surface area contributed by atoms with Crippen LogP contribution in [0.5, 0.6) is 0 Å². The third-order valence-corrected chi connectivity index (χ3v) is 2.58. The zero-order valence-corrected chi connectivity index (χ0v) is 10.4. The third-order valence-electron chi connectivity index (χ3n) is 2.58. The zero-order chi connectivity index (χ0) is 13.5. The van der Waals surface area contributed by atoms with Gasteiger partial charge in [-0.3, -0.25) is 4.79 Å². The van der Waals surface area contributed by atoms with Gasteiger partial charge in [0.25, 0.3) is 0 Å². The number of nitrogens with two attached hydrogens (primary N) is 2. The van der Waals surface area contributed by atoms with Gasteiger partial charge in [-0.25, -0.2) is 0 Å². The molecule has 0 aliphatic carbocycles. The number of carbonyl (C=O) groups is 1. The average molecular weight is 249 g/mol. The van der Waals surface area contributed by atoms with Crippen LogP contribution in [-0.2, 0) is 4.79 Å². The van der Waals surface area contributed by atoms with Crippen LogP contribution in [0.2, 0.25) is 0 Å².